The fourth-order valence-corrected chi connectivity index (χ4v) is 2.33. The molecule has 0 bridgehead atoms. The molecule has 1 aliphatic rings. The van der Waals surface area contributed by atoms with Gasteiger partial charge in [-0.15, -0.1) is 0 Å². The molecule has 5 atom stereocenters. The number of carbonyl (C=O) groups is 1. The van der Waals surface area contributed by atoms with Crippen molar-refractivity contribution in [2.75, 3.05) is 6.61 Å². The van der Waals surface area contributed by atoms with Gasteiger partial charge >= 0.3 is 5.97 Å². The van der Waals surface area contributed by atoms with E-state index in [1.54, 1.807) is 0 Å². The number of carboxylic acids is 1. The van der Waals surface area contributed by atoms with Crippen molar-refractivity contribution in [3.63, 3.8) is 0 Å². The third kappa shape index (κ3) is 4.26. The number of ether oxygens (including phenoxy) is 1. The summed E-state index contributed by atoms with van der Waals surface area (Å²) in [5, 5.41) is 47.1. The summed E-state index contributed by atoms with van der Waals surface area (Å²) in [6, 6.07) is 0. The van der Waals surface area contributed by atoms with E-state index in [9.17, 15) is 20.1 Å². The summed E-state index contributed by atoms with van der Waals surface area (Å²) in [7, 11) is 0. The Labute approximate surface area is 117 Å². The minimum absolute atomic E-state index is 0.127. The second kappa shape index (κ2) is 7.70. The normalized spacial score (nSPS) is 35.0. The van der Waals surface area contributed by atoms with Crippen LogP contribution in [0.25, 0.3) is 0 Å². The van der Waals surface area contributed by atoms with Gasteiger partial charge in [0.1, 0.15) is 24.4 Å². The van der Waals surface area contributed by atoms with Crippen molar-refractivity contribution in [2.45, 2.75) is 56.7 Å². The lowest BCUT2D eigenvalue weighted by molar-refractivity contribution is -0.228. The third-order valence-corrected chi connectivity index (χ3v) is 3.35. The van der Waals surface area contributed by atoms with Crippen molar-refractivity contribution >= 4 is 5.97 Å². The molecule has 116 valence electrons. The molecular formula is C13H22O7. The van der Waals surface area contributed by atoms with Crippen LogP contribution in [0.3, 0.4) is 0 Å². The van der Waals surface area contributed by atoms with Gasteiger partial charge in [-0.3, -0.25) is 0 Å². The summed E-state index contributed by atoms with van der Waals surface area (Å²) in [4.78, 5) is 10.7. The molecule has 7 heteroatoms. The number of rotatable bonds is 6. The van der Waals surface area contributed by atoms with Crippen LogP contribution in [0.4, 0.5) is 0 Å². The molecule has 1 rings (SSSR count). The van der Waals surface area contributed by atoms with Crippen LogP contribution >= 0.6 is 0 Å². The summed E-state index contributed by atoms with van der Waals surface area (Å²) < 4.78 is 5.35. The van der Waals surface area contributed by atoms with E-state index < -0.39 is 43.1 Å². The molecule has 5 N–H and O–H groups in total. The second-order valence-electron chi connectivity index (χ2n) is 4.96. The standard InChI is InChI=1S/C13H22O7/c1-2-3-7(5-10(15)16)4-8-11(17)13(19)12(18)9(6-14)20-8/h5,8-9,11-14,17-19H,2-4,6H2,1H3,(H,15,16)/t8-,9+,11-,12-,13+/m0/s1. The Hall–Kier alpha value is -0.990. The maximum absolute atomic E-state index is 10.7. The van der Waals surface area contributed by atoms with Crippen LogP contribution in [0.5, 0.6) is 0 Å². The smallest absolute Gasteiger partial charge is 0.328 e. The second-order valence-corrected chi connectivity index (χ2v) is 4.96. The first-order chi connectivity index (χ1) is 9.40. The Kier molecular flexibility index (Phi) is 6.57. The van der Waals surface area contributed by atoms with Gasteiger partial charge in [0, 0.05) is 6.08 Å². The van der Waals surface area contributed by atoms with Crippen molar-refractivity contribution < 1.29 is 35.1 Å². The van der Waals surface area contributed by atoms with Gasteiger partial charge < -0.3 is 30.3 Å². The molecule has 1 saturated heterocycles. The lowest BCUT2D eigenvalue weighted by Crippen LogP contribution is -2.58. The van der Waals surface area contributed by atoms with Gasteiger partial charge in [0.05, 0.1) is 12.7 Å². The molecule has 20 heavy (non-hydrogen) atoms. The number of aliphatic carboxylic acids is 1. The predicted octanol–water partition coefficient (Wildman–Crippen LogP) is -0.970. The van der Waals surface area contributed by atoms with Gasteiger partial charge in [-0.2, -0.15) is 0 Å². The number of aliphatic hydroxyl groups excluding tert-OH is 4. The zero-order valence-corrected chi connectivity index (χ0v) is 11.3. The van der Waals surface area contributed by atoms with Crippen LogP contribution in [0.2, 0.25) is 0 Å². The molecule has 7 nitrogen and oxygen atoms in total. The van der Waals surface area contributed by atoms with Crippen LogP contribution in [-0.2, 0) is 9.53 Å². The molecule has 0 aromatic carbocycles. The van der Waals surface area contributed by atoms with Gasteiger partial charge in [0.15, 0.2) is 0 Å². The maximum atomic E-state index is 10.7. The molecule has 1 fully saturated rings. The summed E-state index contributed by atoms with van der Waals surface area (Å²) in [5.41, 5.74) is 0.573. The lowest BCUT2D eigenvalue weighted by atomic mass is 9.90. The number of carboxylic acid groups (broad SMARTS) is 1. The zero-order valence-electron chi connectivity index (χ0n) is 11.3. The topological polar surface area (TPSA) is 127 Å². The first-order valence-electron chi connectivity index (χ1n) is 6.63. The molecular weight excluding hydrogens is 268 g/mol. The largest absolute Gasteiger partial charge is 0.478 e. The van der Waals surface area contributed by atoms with E-state index in [0.717, 1.165) is 12.5 Å². The Morgan fingerprint density at radius 2 is 1.75 bits per heavy atom. The minimum atomic E-state index is -1.43. The molecule has 0 aromatic rings. The van der Waals surface area contributed by atoms with E-state index in [4.69, 9.17) is 14.9 Å². The predicted molar refractivity (Wildman–Crippen MR) is 69.0 cm³/mol. The Bertz CT molecular complexity index is 353. The SMILES string of the molecule is CCCC(=CC(=O)O)C[C@@H]1O[C@H](CO)[C@H](O)[C@H](O)[C@H]1O. The van der Waals surface area contributed by atoms with Gasteiger partial charge in [-0.05, 0) is 12.8 Å². The monoisotopic (exact) mass is 290 g/mol. The number of aliphatic hydroxyl groups is 4. The summed E-state index contributed by atoms with van der Waals surface area (Å²) >= 11 is 0. The molecule has 0 radical (unpaired) electrons. The average molecular weight is 290 g/mol. The minimum Gasteiger partial charge on any atom is -0.478 e. The highest BCUT2D eigenvalue weighted by atomic mass is 16.5. The van der Waals surface area contributed by atoms with Crippen molar-refractivity contribution in [3.05, 3.63) is 11.6 Å². The van der Waals surface area contributed by atoms with Crippen LogP contribution in [0.15, 0.2) is 11.6 Å². The Morgan fingerprint density at radius 3 is 2.25 bits per heavy atom. The Morgan fingerprint density at radius 1 is 1.15 bits per heavy atom. The molecule has 1 heterocycles. The fourth-order valence-electron chi connectivity index (χ4n) is 2.33. The van der Waals surface area contributed by atoms with Gasteiger partial charge in [-0.1, -0.05) is 18.9 Å². The van der Waals surface area contributed by atoms with Crippen molar-refractivity contribution in [1.82, 2.24) is 0 Å². The highest BCUT2D eigenvalue weighted by Gasteiger charge is 2.43. The van der Waals surface area contributed by atoms with E-state index in [0.29, 0.717) is 12.0 Å². The van der Waals surface area contributed by atoms with Crippen LogP contribution in [0, 0.1) is 0 Å². The molecule has 0 unspecified atom stereocenters. The van der Waals surface area contributed by atoms with E-state index in [2.05, 4.69) is 0 Å². The molecule has 0 amide bonds. The van der Waals surface area contributed by atoms with Gasteiger partial charge in [0.25, 0.3) is 0 Å². The summed E-state index contributed by atoms with van der Waals surface area (Å²) in [6.07, 6.45) is -3.54. The first-order valence-corrected chi connectivity index (χ1v) is 6.63. The highest BCUT2D eigenvalue weighted by molar-refractivity contribution is 5.80. The fraction of sp³-hybridized carbons (Fsp3) is 0.769. The van der Waals surface area contributed by atoms with E-state index in [1.807, 2.05) is 6.92 Å². The third-order valence-electron chi connectivity index (χ3n) is 3.35. The number of hydrogen-bond donors (Lipinski definition) is 5. The van der Waals surface area contributed by atoms with E-state index >= 15 is 0 Å². The van der Waals surface area contributed by atoms with E-state index in [-0.39, 0.29) is 6.42 Å². The molecule has 0 saturated carbocycles. The highest BCUT2D eigenvalue weighted by Crippen LogP contribution is 2.26. The summed E-state index contributed by atoms with van der Waals surface area (Å²) in [6.45, 7) is 1.40. The van der Waals surface area contributed by atoms with Gasteiger partial charge in [-0.25, -0.2) is 4.79 Å². The van der Waals surface area contributed by atoms with E-state index in [1.165, 1.54) is 0 Å². The lowest BCUT2D eigenvalue weighted by Gasteiger charge is -2.40. The molecule has 1 aliphatic heterocycles. The number of hydrogen-bond acceptors (Lipinski definition) is 6. The zero-order chi connectivity index (χ0) is 15.3. The van der Waals surface area contributed by atoms with Crippen molar-refractivity contribution in [1.29, 1.82) is 0 Å². The first kappa shape index (κ1) is 17.1. The Balaban J connectivity index is 2.80. The van der Waals surface area contributed by atoms with Crippen LogP contribution < -0.4 is 0 Å². The quantitative estimate of drug-likeness (QED) is 0.398. The van der Waals surface area contributed by atoms with Crippen molar-refractivity contribution in [3.8, 4) is 0 Å². The summed E-state index contributed by atoms with van der Waals surface area (Å²) in [5.74, 6) is -1.09. The average Bonchev–Trinajstić information content (AvgIpc) is 2.39. The molecule has 0 aromatic heterocycles. The molecule has 0 spiro atoms. The van der Waals surface area contributed by atoms with Crippen molar-refractivity contribution in [2.24, 2.45) is 0 Å². The van der Waals surface area contributed by atoms with Gasteiger partial charge in [0.2, 0.25) is 0 Å². The van der Waals surface area contributed by atoms with Crippen LogP contribution in [0.1, 0.15) is 26.2 Å². The van der Waals surface area contributed by atoms with Crippen LogP contribution in [-0.4, -0.2) is 68.6 Å². The molecule has 0 aliphatic carbocycles. The maximum Gasteiger partial charge on any atom is 0.328 e.